The van der Waals surface area contributed by atoms with Crippen molar-refractivity contribution in [1.82, 2.24) is 20.0 Å². The fraction of sp³-hybridized carbons (Fsp3) is 0.500. The molecule has 3 atom stereocenters. The van der Waals surface area contributed by atoms with Crippen LogP contribution >= 0.6 is 11.3 Å². The predicted octanol–water partition coefficient (Wildman–Crippen LogP) is 1.49. The zero-order valence-corrected chi connectivity index (χ0v) is 14.4. The van der Waals surface area contributed by atoms with Crippen LogP contribution in [-0.2, 0) is 4.79 Å². The number of rotatable bonds is 6. The summed E-state index contributed by atoms with van der Waals surface area (Å²) in [6.45, 7) is 4.35. The number of fused-ring (bicyclic) bond motifs is 1. The van der Waals surface area contributed by atoms with E-state index in [0.29, 0.717) is 25.1 Å². The number of imidazole rings is 1. The number of thiazole rings is 1. The Morgan fingerprint density at radius 2 is 2.38 bits per heavy atom. The molecule has 0 aromatic carbocycles. The van der Waals surface area contributed by atoms with E-state index in [2.05, 4.69) is 21.7 Å². The minimum atomic E-state index is -0.175. The van der Waals surface area contributed by atoms with Gasteiger partial charge in [-0.1, -0.05) is 0 Å². The lowest BCUT2D eigenvalue weighted by Crippen LogP contribution is -2.36. The molecule has 1 saturated carbocycles. The molecular formula is C16H19N5O2S. The minimum Gasteiger partial charge on any atom is -0.356 e. The lowest BCUT2D eigenvalue weighted by Gasteiger charge is -2.14. The summed E-state index contributed by atoms with van der Waals surface area (Å²) in [6, 6.07) is 2.03. The zero-order valence-electron chi connectivity index (χ0n) is 13.6. The van der Waals surface area contributed by atoms with Gasteiger partial charge in [0.25, 0.3) is 5.91 Å². The lowest BCUT2D eigenvalue weighted by atomic mass is 10.2. The number of nitrogens with one attached hydrogen (secondary N) is 2. The first-order valence-corrected chi connectivity index (χ1v) is 8.73. The normalized spacial score (nSPS) is 20.4. The van der Waals surface area contributed by atoms with Gasteiger partial charge in [-0.05, 0) is 26.7 Å². The number of aromatic nitrogens is 2. The molecule has 0 saturated heterocycles. The van der Waals surface area contributed by atoms with Gasteiger partial charge >= 0.3 is 0 Å². The molecule has 2 aromatic heterocycles. The summed E-state index contributed by atoms with van der Waals surface area (Å²) in [5.41, 5.74) is 0.514. The molecule has 0 spiro atoms. The van der Waals surface area contributed by atoms with E-state index < -0.39 is 0 Å². The average molecular weight is 345 g/mol. The Bertz CT molecular complexity index is 818. The smallest absolute Gasteiger partial charge is 0.270 e. The number of nitrogens with zero attached hydrogens (tertiary/aromatic N) is 3. The molecule has 2 aromatic rings. The molecule has 1 aliphatic rings. The summed E-state index contributed by atoms with van der Waals surface area (Å²) < 4.78 is 1.79. The van der Waals surface area contributed by atoms with E-state index >= 15 is 0 Å². The van der Waals surface area contributed by atoms with E-state index in [4.69, 9.17) is 5.26 Å². The van der Waals surface area contributed by atoms with Gasteiger partial charge in [-0.15, -0.1) is 11.3 Å². The second-order valence-corrected chi connectivity index (χ2v) is 7.38. The van der Waals surface area contributed by atoms with E-state index in [1.165, 1.54) is 11.3 Å². The van der Waals surface area contributed by atoms with Crippen molar-refractivity contribution in [2.24, 2.45) is 11.8 Å². The number of carbonyl (C=O) groups is 2. The van der Waals surface area contributed by atoms with Crippen LogP contribution in [0.15, 0.2) is 12.4 Å². The number of amides is 2. The highest BCUT2D eigenvalue weighted by molar-refractivity contribution is 7.17. The third kappa shape index (κ3) is 3.41. The van der Waals surface area contributed by atoms with Gasteiger partial charge < -0.3 is 10.6 Å². The maximum Gasteiger partial charge on any atom is 0.270 e. The molecule has 1 aliphatic carbocycles. The second-order valence-electron chi connectivity index (χ2n) is 6.17. The van der Waals surface area contributed by atoms with E-state index in [0.717, 1.165) is 9.84 Å². The monoisotopic (exact) mass is 345 g/mol. The van der Waals surface area contributed by atoms with Crippen molar-refractivity contribution in [2.75, 3.05) is 6.54 Å². The van der Waals surface area contributed by atoms with Crippen molar-refractivity contribution in [3.63, 3.8) is 0 Å². The summed E-state index contributed by atoms with van der Waals surface area (Å²) in [5.74, 6) is -0.514. The molecule has 0 radical (unpaired) electrons. The van der Waals surface area contributed by atoms with Crippen molar-refractivity contribution in [3.8, 4) is 6.07 Å². The van der Waals surface area contributed by atoms with Crippen LogP contribution in [0.5, 0.6) is 0 Å². The molecule has 1 fully saturated rings. The summed E-state index contributed by atoms with van der Waals surface area (Å²) in [7, 11) is 0. The lowest BCUT2D eigenvalue weighted by molar-refractivity contribution is -0.122. The van der Waals surface area contributed by atoms with Gasteiger partial charge in [-0.2, -0.15) is 5.26 Å². The molecule has 2 amide bonds. The first kappa shape index (κ1) is 16.5. The minimum absolute atomic E-state index is 0.0636. The second kappa shape index (κ2) is 6.61. The van der Waals surface area contributed by atoms with Crippen molar-refractivity contribution in [1.29, 1.82) is 5.26 Å². The molecule has 24 heavy (non-hydrogen) atoms. The Morgan fingerprint density at radius 1 is 1.58 bits per heavy atom. The standard InChI is InChI=1S/C16H19N5O2S/c1-9(3-4-18-14(22)12-5-11(12)6-17)20-15(23)13-7-19-16-21(13)8-10(2)24-16/h7-9,11-12H,3-5H2,1-2H3,(H,18,22)(H,20,23)/t9?,11-,12+/m0/s1. The zero-order chi connectivity index (χ0) is 17.3. The quantitative estimate of drug-likeness (QED) is 0.828. The number of carbonyl (C=O) groups excluding carboxylic acids is 2. The molecular weight excluding hydrogens is 326 g/mol. The molecule has 1 unspecified atom stereocenters. The van der Waals surface area contributed by atoms with Crippen LogP contribution in [0.3, 0.4) is 0 Å². The molecule has 8 heteroatoms. The Kier molecular flexibility index (Phi) is 4.53. The number of aryl methyl sites for hydroxylation is 1. The van der Waals surface area contributed by atoms with Crippen LogP contribution in [0.2, 0.25) is 0 Å². The molecule has 0 aliphatic heterocycles. The van der Waals surface area contributed by atoms with Crippen LogP contribution in [-0.4, -0.2) is 33.8 Å². The van der Waals surface area contributed by atoms with Crippen molar-refractivity contribution in [3.05, 3.63) is 23.0 Å². The van der Waals surface area contributed by atoms with E-state index in [1.807, 2.05) is 20.0 Å². The average Bonchev–Trinajstić information content (AvgIpc) is 3.10. The number of nitriles is 1. The van der Waals surface area contributed by atoms with E-state index in [1.54, 1.807) is 10.6 Å². The third-order valence-electron chi connectivity index (χ3n) is 4.11. The van der Waals surface area contributed by atoms with Gasteiger partial charge in [-0.3, -0.25) is 14.0 Å². The Balaban J connectivity index is 1.46. The first-order chi connectivity index (χ1) is 11.5. The van der Waals surface area contributed by atoms with Crippen LogP contribution in [0.25, 0.3) is 4.96 Å². The summed E-state index contributed by atoms with van der Waals surface area (Å²) in [6.07, 6.45) is 4.76. The van der Waals surface area contributed by atoms with Gasteiger partial charge in [0.05, 0.1) is 24.1 Å². The van der Waals surface area contributed by atoms with Gasteiger partial charge in [0.15, 0.2) is 4.96 Å². The van der Waals surface area contributed by atoms with Gasteiger partial charge in [0, 0.05) is 23.7 Å². The van der Waals surface area contributed by atoms with Crippen molar-refractivity contribution >= 4 is 28.1 Å². The highest BCUT2D eigenvalue weighted by Crippen LogP contribution is 2.37. The Labute approximate surface area is 143 Å². The largest absolute Gasteiger partial charge is 0.356 e. The van der Waals surface area contributed by atoms with Crippen molar-refractivity contribution in [2.45, 2.75) is 32.7 Å². The SMILES string of the molecule is Cc1cn2c(C(=O)NC(C)CCNC(=O)[C@@H]3C[C@H]3C#N)cnc2s1. The summed E-state index contributed by atoms with van der Waals surface area (Å²) >= 11 is 1.54. The van der Waals surface area contributed by atoms with Crippen molar-refractivity contribution < 1.29 is 9.59 Å². The fourth-order valence-electron chi connectivity index (χ4n) is 2.60. The molecule has 126 valence electrons. The summed E-state index contributed by atoms with van der Waals surface area (Å²) in [4.78, 5) is 30.2. The van der Waals surface area contributed by atoms with Crippen LogP contribution < -0.4 is 10.6 Å². The van der Waals surface area contributed by atoms with Gasteiger partial charge in [0.1, 0.15) is 5.69 Å². The highest BCUT2D eigenvalue weighted by Gasteiger charge is 2.43. The van der Waals surface area contributed by atoms with Crippen LogP contribution in [0, 0.1) is 30.1 Å². The predicted molar refractivity (Wildman–Crippen MR) is 89.6 cm³/mol. The highest BCUT2D eigenvalue weighted by atomic mass is 32.1. The van der Waals surface area contributed by atoms with E-state index in [-0.39, 0.29) is 29.7 Å². The Hall–Kier alpha value is -2.40. The maximum absolute atomic E-state index is 12.3. The molecule has 3 rings (SSSR count). The number of hydrogen-bond acceptors (Lipinski definition) is 5. The first-order valence-electron chi connectivity index (χ1n) is 7.91. The van der Waals surface area contributed by atoms with Gasteiger partial charge in [0.2, 0.25) is 5.91 Å². The maximum atomic E-state index is 12.3. The third-order valence-corrected chi connectivity index (χ3v) is 5.02. The summed E-state index contributed by atoms with van der Waals surface area (Å²) in [5, 5.41) is 14.5. The molecule has 2 N–H and O–H groups in total. The molecule has 2 heterocycles. The van der Waals surface area contributed by atoms with Crippen LogP contribution in [0.4, 0.5) is 0 Å². The Morgan fingerprint density at radius 3 is 3.08 bits per heavy atom. The molecule has 0 bridgehead atoms. The topological polar surface area (TPSA) is 99.3 Å². The molecule has 7 nitrogen and oxygen atoms in total. The fourth-order valence-corrected chi connectivity index (χ4v) is 3.41. The number of hydrogen-bond donors (Lipinski definition) is 2. The van der Waals surface area contributed by atoms with Gasteiger partial charge in [-0.25, -0.2) is 4.98 Å². The van der Waals surface area contributed by atoms with Crippen LogP contribution in [0.1, 0.15) is 35.1 Å². The van der Waals surface area contributed by atoms with E-state index in [9.17, 15) is 9.59 Å².